The molecule has 0 atom stereocenters. The second-order valence-electron chi connectivity index (χ2n) is 8.32. The number of rotatable bonds is 6. The van der Waals surface area contributed by atoms with E-state index >= 15 is 4.39 Å². The second kappa shape index (κ2) is 9.07. The maximum absolute atomic E-state index is 16.1. The molecule has 1 saturated heterocycles. The topological polar surface area (TPSA) is 72.4 Å². The van der Waals surface area contributed by atoms with Crippen LogP contribution in [0.1, 0.15) is 36.3 Å². The van der Waals surface area contributed by atoms with E-state index in [4.69, 9.17) is 21.1 Å². The molecule has 7 nitrogen and oxygen atoms in total. The number of methoxy groups -OCH3 is 2. The van der Waals surface area contributed by atoms with Gasteiger partial charge in [0.15, 0.2) is 5.82 Å². The van der Waals surface area contributed by atoms with E-state index in [9.17, 15) is 8.78 Å². The van der Waals surface area contributed by atoms with Crippen molar-refractivity contribution in [2.75, 3.05) is 45.3 Å². The molecule has 5 rings (SSSR count). The normalized spacial score (nSPS) is 16.4. The first kappa shape index (κ1) is 22.9. The number of fused-ring (bicyclic) bond motifs is 1. The highest BCUT2D eigenvalue weighted by atomic mass is 35.5. The highest BCUT2D eigenvalue weighted by Gasteiger charge is 2.33. The summed E-state index contributed by atoms with van der Waals surface area (Å²) in [6.07, 6.45) is -1.08. The van der Waals surface area contributed by atoms with Crippen LogP contribution < -0.4 is 19.7 Å². The van der Waals surface area contributed by atoms with E-state index in [0.717, 1.165) is 25.9 Å². The number of nitrogens with zero attached hydrogens (tertiary/aromatic N) is 4. The van der Waals surface area contributed by atoms with E-state index in [2.05, 4.69) is 20.3 Å². The average Bonchev–Trinajstić information content (AvgIpc) is 3.69. The van der Waals surface area contributed by atoms with Crippen molar-refractivity contribution in [2.24, 2.45) is 0 Å². The van der Waals surface area contributed by atoms with E-state index in [1.165, 1.54) is 26.4 Å². The maximum Gasteiger partial charge on any atom is 0.318 e. The molecule has 3 aromatic rings. The van der Waals surface area contributed by atoms with Crippen LogP contribution in [-0.4, -0.2) is 55.4 Å². The van der Waals surface area contributed by atoms with Crippen LogP contribution >= 0.6 is 11.6 Å². The molecule has 2 aromatic heterocycles. The number of hydrogen-bond donors (Lipinski definition) is 1. The number of aromatic nitrogens is 3. The minimum atomic E-state index is -2.77. The lowest BCUT2D eigenvalue weighted by atomic mass is 9.96. The number of halogens is 4. The summed E-state index contributed by atoms with van der Waals surface area (Å²) in [4.78, 5) is 15.2. The zero-order chi connectivity index (χ0) is 24.0. The van der Waals surface area contributed by atoms with Crippen LogP contribution in [0.5, 0.6) is 11.9 Å². The van der Waals surface area contributed by atoms with Crippen LogP contribution in [-0.2, 0) is 0 Å². The number of anilines is 1. The number of nitrogens with one attached hydrogen (secondary N) is 1. The molecule has 0 unspecified atom stereocenters. The number of benzene rings is 1. The molecule has 1 aromatic carbocycles. The fourth-order valence-electron chi connectivity index (χ4n) is 4.37. The Labute approximate surface area is 199 Å². The van der Waals surface area contributed by atoms with Crippen LogP contribution in [0.15, 0.2) is 12.1 Å². The van der Waals surface area contributed by atoms with Gasteiger partial charge in [0.05, 0.1) is 14.2 Å². The molecule has 1 aliphatic carbocycles. The summed E-state index contributed by atoms with van der Waals surface area (Å²) >= 11 is 6.41. The summed E-state index contributed by atoms with van der Waals surface area (Å²) in [5, 5.41) is 3.74. The van der Waals surface area contributed by atoms with Crippen molar-refractivity contribution < 1.29 is 22.6 Å². The number of pyridine rings is 1. The molecule has 0 spiro atoms. The van der Waals surface area contributed by atoms with Gasteiger partial charge in [-0.15, -0.1) is 0 Å². The third kappa shape index (κ3) is 3.98. The molecule has 0 radical (unpaired) electrons. The zero-order valence-electron chi connectivity index (χ0n) is 18.7. The summed E-state index contributed by atoms with van der Waals surface area (Å²) in [6, 6.07) is 2.49. The highest BCUT2D eigenvalue weighted by Crippen LogP contribution is 2.50. The van der Waals surface area contributed by atoms with Gasteiger partial charge in [0.25, 0.3) is 6.43 Å². The van der Waals surface area contributed by atoms with Gasteiger partial charge >= 0.3 is 6.01 Å². The Morgan fingerprint density at radius 3 is 2.44 bits per heavy atom. The minimum Gasteiger partial charge on any atom is -0.480 e. The van der Waals surface area contributed by atoms with Gasteiger partial charge < -0.3 is 19.7 Å². The SMILES string of the molecule is COc1nc(N2CCNCC2)c2c(OC)nc(-c3cc(C(F)F)cc(Cl)c3C3CC3)c(F)c2n1. The molecule has 1 saturated carbocycles. The number of alkyl halides is 2. The minimum absolute atomic E-state index is 0.0130. The lowest BCUT2D eigenvalue weighted by Crippen LogP contribution is -2.44. The van der Waals surface area contributed by atoms with Gasteiger partial charge in [-0.2, -0.15) is 9.97 Å². The first-order chi connectivity index (χ1) is 16.4. The number of ether oxygens (including phenoxy) is 2. The van der Waals surface area contributed by atoms with Crippen LogP contribution in [0.2, 0.25) is 5.02 Å². The van der Waals surface area contributed by atoms with E-state index in [-0.39, 0.29) is 45.2 Å². The van der Waals surface area contributed by atoms with E-state index in [0.29, 0.717) is 29.9 Å². The Kier molecular flexibility index (Phi) is 6.11. The molecule has 1 N–H and O–H groups in total. The molecule has 180 valence electrons. The Bertz CT molecular complexity index is 1250. The third-order valence-electron chi connectivity index (χ3n) is 6.15. The van der Waals surface area contributed by atoms with Gasteiger partial charge in [0, 0.05) is 42.3 Å². The Morgan fingerprint density at radius 1 is 1.09 bits per heavy atom. The van der Waals surface area contributed by atoms with Crippen molar-refractivity contribution in [1.29, 1.82) is 0 Å². The average molecular weight is 494 g/mol. The molecule has 11 heteroatoms. The van der Waals surface area contributed by atoms with Crippen molar-refractivity contribution in [3.63, 3.8) is 0 Å². The molecular weight excluding hydrogens is 471 g/mol. The molecule has 3 heterocycles. The van der Waals surface area contributed by atoms with Gasteiger partial charge in [0.1, 0.15) is 22.4 Å². The predicted octanol–water partition coefficient (Wildman–Crippen LogP) is 4.73. The second-order valence-corrected chi connectivity index (χ2v) is 8.72. The Hall–Kier alpha value is -2.85. The number of piperazine rings is 1. The number of hydrogen-bond acceptors (Lipinski definition) is 7. The van der Waals surface area contributed by atoms with Gasteiger partial charge in [-0.05, 0) is 36.5 Å². The summed E-state index contributed by atoms with van der Waals surface area (Å²) < 4.78 is 54.2. The van der Waals surface area contributed by atoms with E-state index in [1.807, 2.05) is 4.90 Å². The van der Waals surface area contributed by atoms with Gasteiger partial charge in [0.2, 0.25) is 5.88 Å². The lowest BCUT2D eigenvalue weighted by molar-refractivity contribution is 0.151. The smallest absolute Gasteiger partial charge is 0.318 e. The fourth-order valence-corrected chi connectivity index (χ4v) is 4.76. The van der Waals surface area contributed by atoms with Crippen LogP contribution in [0, 0.1) is 5.82 Å². The Morgan fingerprint density at radius 2 is 1.82 bits per heavy atom. The van der Waals surface area contributed by atoms with Crippen molar-refractivity contribution in [2.45, 2.75) is 25.2 Å². The van der Waals surface area contributed by atoms with E-state index in [1.54, 1.807) is 0 Å². The zero-order valence-corrected chi connectivity index (χ0v) is 19.4. The van der Waals surface area contributed by atoms with Crippen molar-refractivity contribution in [3.05, 3.63) is 34.1 Å². The standard InChI is InChI=1S/C23H23ClF3N5O2/c1-33-22-16-19(30-23(34-2)31-21(16)32-7-5-28-6-8-32)17(25)18(29-22)13-9-12(20(26)27)10-14(24)15(13)11-3-4-11/h9-11,20,28H,3-8H2,1-2H3. The first-order valence-electron chi connectivity index (χ1n) is 11.0. The molecule has 1 aliphatic heterocycles. The van der Waals surface area contributed by atoms with Crippen molar-refractivity contribution >= 4 is 28.3 Å². The van der Waals surface area contributed by atoms with Crippen molar-refractivity contribution in [3.8, 4) is 23.1 Å². The maximum atomic E-state index is 16.1. The fraction of sp³-hybridized carbons (Fsp3) is 0.435. The van der Waals surface area contributed by atoms with Crippen LogP contribution in [0.3, 0.4) is 0 Å². The van der Waals surface area contributed by atoms with Crippen LogP contribution in [0.4, 0.5) is 19.0 Å². The molecule has 34 heavy (non-hydrogen) atoms. The molecule has 0 bridgehead atoms. The molecular formula is C23H23ClF3N5O2. The third-order valence-corrected chi connectivity index (χ3v) is 6.46. The van der Waals surface area contributed by atoms with E-state index < -0.39 is 12.2 Å². The molecule has 0 amide bonds. The quantitative estimate of drug-likeness (QED) is 0.532. The summed E-state index contributed by atoms with van der Waals surface area (Å²) in [7, 11) is 2.82. The lowest BCUT2D eigenvalue weighted by Gasteiger charge is -2.29. The summed E-state index contributed by atoms with van der Waals surface area (Å²) in [5.74, 6) is -0.159. The summed E-state index contributed by atoms with van der Waals surface area (Å²) in [5.41, 5.74) is 0.350. The Balaban J connectivity index is 1.80. The summed E-state index contributed by atoms with van der Waals surface area (Å²) in [6.45, 7) is 2.74. The van der Waals surface area contributed by atoms with Crippen LogP contribution in [0.25, 0.3) is 22.2 Å². The highest BCUT2D eigenvalue weighted by molar-refractivity contribution is 6.32. The monoisotopic (exact) mass is 493 g/mol. The molecule has 2 fully saturated rings. The van der Waals surface area contributed by atoms with Gasteiger partial charge in [-0.3, -0.25) is 0 Å². The largest absolute Gasteiger partial charge is 0.480 e. The first-order valence-corrected chi connectivity index (χ1v) is 11.4. The predicted molar refractivity (Wildman–Crippen MR) is 123 cm³/mol. The molecule has 2 aliphatic rings. The van der Waals surface area contributed by atoms with Crippen molar-refractivity contribution in [1.82, 2.24) is 20.3 Å². The van der Waals surface area contributed by atoms with Gasteiger partial charge in [-0.1, -0.05) is 11.6 Å². The van der Waals surface area contributed by atoms with Gasteiger partial charge in [-0.25, -0.2) is 18.2 Å².